The van der Waals surface area contributed by atoms with Crippen molar-refractivity contribution in [3.05, 3.63) is 11.8 Å². The number of hydrogen-bond donors (Lipinski definition) is 4. The first kappa shape index (κ1) is 17.7. The van der Waals surface area contributed by atoms with E-state index >= 15 is 0 Å². The lowest BCUT2D eigenvalue weighted by Crippen LogP contribution is -2.37. The number of nitrogens with one attached hydrogen (secondary N) is 3. The largest absolute Gasteiger partial charge is 0.481 e. The maximum absolute atomic E-state index is 11.9. The maximum atomic E-state index is 11.9. The third-order valence-corrected chi connectivity index (χ3v) is 3.29. The zero-order valence-electron chi connectivity index (χ0n) is 12.2. The van der Waals surface area contributed by atoms with E-state index in [0.29, 0.717) is 0 Å². The van der Waals surface area contributed by atoms with E-state index in [1.807, 2.05) is 0 Å². The summed E-state index contributed by atoms with van der Waals surface area (Å²) in [5.74, 6) is -1.89. The molecule has 0 bridgehead atoms. The SMILES string of the molecule is N#C/C(=C/NC(=O)C1CCNCC1)C(=O)NCCCC(=O)O. The monoisotopic (exact) mass is 308 g/mol. The van der Waals surface area contributed by atoms with Crippen LogP contribution in [-0.2, 0) is 14.4 Å². The van der Waals surface area contributed by atoms with Crippen molar-refractivity contribution < 1.29 is 19.5 Å². The number of piperidine rings is 1. The number of carbonyl (C=O) groups excluding carboxylic acids is 2. The van der Waals surface area contributed by atoms with E-state index in [-0.39, 0.29) is 36.8 Å². The lowest BCUT2D eigenvalue weighted by Gasteiger charge is -2.20. The van der Waals surface area contributed by atoms with Crippen molar-refractivity contribution in [3.63, 3.8) is 0 Å². The van der Waals surface area contributed by atoms with E-state index < -0.39 is 11.9 Å². The molecule has 0 radical (unpaired) electrons. The van der Waals surface area contributed by atoms with Gasteiger partial charge in [-0.2, -0.15) is 5.26 Å². The Labute approximate surface area is 128 Å². The van der Waals surface area contributed by atoms with Gasteiger partial charge in [-0.3, -0.25) is 14.4 Å². The van der Waals surface area contributed by atoms with Crippen molar-refractivity contribution in [2.24, 2.45) is 5.92 Å². The highest BCUT2D eigenvalue weighted by Crippen LogP contribution is 2.11. The fourth-order valence-electron chi connectivity index (χ4n) is 2.03. The second-order valence-corrected chi connectivity index (χ2v) is 4.96. The summed E-state index contributed by atoms with van der Waals surface area (Å²) in [4.78, 5) is 33.9. The fraction of sp³-hybridized carbons (Fsp3) is 0.571. The highest BCUT2D eigenvalue weighted by Gasteiger charge is 2.20. The van der Waals surface area contributed by atoms with Crippen LogP contribution < -0.4 is 16.0 Å². The summed E-state index contributed by atoms with van der Waals surface area (Å²) in [6.07, 6.45) is 2.78. The van der Waals surface area contributed by atoms with Crippen molar-refractivity contribution >= 4 is 17.8 Å². The number of nitrogens with zero attached hydrogens (tertiary/aromatic N) is 1. The molecule has 8 nitrogen and oxygen atoms in total. The summed E-state index contributed by atoms with van der Waals surface area (Å²) in [5.41, 5.74) is -0.211. The number of carbonyl (C=O) groups is 3. The van der Waals surface area contributed by atoms with Crippen LogP contribution in [-0.4, -0.2) is 42.5 Å². The average Bonchev–Trinajstić information content (AvgIpc) is 2.52. The van der Waals surface area contributed by atoms with Crippen LogP contribution in [0.2, 0.25) is 0 Å². The number of aliphatic carboxylic acids is 1. The van der Waals surface area contributed by atoms with Crippen LogP contribution in [0.3, 0.4) is 0 Å². The van der Waals surface area contributed by atoms with Crippen molar-refractivity contribution in [1.29, 1.82) is 5.26 Å². The van der Waals surface area contributed by atoms with Crippen LogP contribution in [0.4, 0.5) is 0 Å². The predicted molar refractivity (Wildman–Crippen MR) is 77.3 cm³/mol. The van der Waals surface area contributed by atoms with Crippen LogP contribution in [0.25, 0.3) is 0 Å². The van der Waals surface area contributed by atoms with Crippen LogP contribution in [0.5, 0.6) is 0 Å². The van der Waals surface area contributed by atoms with Crippen LogP contribution in [0, 0.1) is 17.2 Å². The predicted octanol–water partition coefficient (Wildman–Crippen LogP) is -0.509. The Morgan fingerprint density at radius 2 is 2.00 bits per heavy atom. The minimum absolute atomic E-state index is 0.0572. The van der Waals surface area contributed by atoms with Crippen LogP contribution in [0.1, 0.15) is 25.7 Å². The topological polar surface area (TPSA) is 131 Å². The average molecular weight is 308 g/mol. The molecular formula is C14H20N4O4. The van der Waals surface area contributed by atoms with Crippen molar-refractivity contribution in [2.75, 3.05) is 19.6 Å². The van der Waals surface area contributed by atoms with Gasteiger partial charge in [0.1, 0.15) is 11.6 Å². The number of amides is 2. The number of hydrogen-bond acceptors (Lipinski definition) is 5. The minimum atomic E-state index is -0.945. The highest BCUT2D eigenvalue weighted by atomic mass is 16.4. The molecular weight excluding hydrogens is 288 g/mol. The Balaban J connectivity index is 2.41. The molecule has 1 heterocycles. The van der Waals surface area contributed by atoms with Crippen LogP contribution in [0.15, 0.2) is 11.8 Å². The number of nitriles is 1. The molecule has 1 aliphatic heterocycles. The molecule has 1 saturated heterocycles. The molecule has 0 saturated carbocycles. The Kier molecular flexibility index (Phi) is 7.64. The summed E-state index contributed by atoms with van der Waals surface area (Å²) in [6, 6.07) is 1.72. The smallest absolute Gasteiger partial charge is 0.303 e. The Morgan fingerprint density at radius 1 is 1.32 bits per heavy atom. The second-order valence-electron chi connectivity index (χ2n) is 4.96. The number of carboxylic acid groups (broad SMARTS) is 1. The number of rotatable bonds is 7. The molecule has 0 aromatic rings. The lowest BCUT2D eigenvalue weighted by molar-refractivity contribution is -0.137. The molecule has 120 valence electrons. The van der Waals surface area contributed by atoms with Gasteiger partial charge in [-0.15, -0.1) is 0 Å². The maximum Gasteiger partial charge on any atom is 0.303 e. The summed E-state index contributed by atoms with van der Waals surface area (Å²) in [5, 5.41) is 25.5. The fourth-order valence-corrected chi connectivity index (χ4v) is 2.03. The first-order valence-corrected chi connectivity index (χ1v) is 7.16. The summed E-state index contributed by atoms with van der Waals surface area (Å²) >= 11 is 0. The molecule has 4 N–H and O–H groups in total. The van der Waals surface area contributed by atoms with E-state index in [9.17, 15) is 14.4 Å². The third kappa shape index (κ3) is 6.37. The van der Waals surface area contributed by atoms with Crippen molar-refractivity contribution in [1.82, 2.24) is 16.0 Å². The van der Waals surface area contributed by atoms with Crippen molar-refractivity contribution in [3.8, 4) is 6.07 Å². The Bertz CT molecular complexity index is 490. The van der Waals surface area contributed by atoms with E-state index in [0.717, 1.165) is 32.1 Å². The van der Waals surface area contributed by atoms with E-state index in [2.05, 4.69) is 16.0 Å². The minimum Gasteiger partial charge on any atom is -0.481 e. The second kappa shape index (κ2) is 9.52. The zero-order chi connectivity index (χ0) is 16.4. The lowest BCUT2D eigenvalue weighted by atomic mass is 9.97. The van der Waals surface area contributed by atoms with E-state index in [4.69, 9.17) is 10.4 Å². The van der Waals surface area contributed by atoms with Crippen LogP contribution >= 0.6 is 0 Å². The van der Waals surface area contributed by atoms with Gasteiger partial charge < -0.3 is 21.1 Å². The molecule has 0 aromatic carbocycles. The van der Waals surface area contributed by atoms with Gasteiger partial charge in [0.15, 0.2) is 0 Å². The molecule has 0 unspecified atom stereocenters. The standard InChI is InChI=1S/C14H20N4O4/c15-8-11(14(22)17-5-1-2-12(19)20)9-18-13(21)10-3-6-16-7-4-10/h9-10,16H,1-7H2,(H,17,22)(H,18,21)(H,19,20)/b11-9-. The molecule has 2 amide bonds. The molecule has 0 atom stereocenters. The van der Waals surface area contributed by atoms with Gasteiger partial charge in [0, 0.05) is 25.1 Å². The van der Waals surface area contributed by atoms with Gasteiger partial charge >= 0.3 is 5.97 Å². The normalized spacial score (nSPS) is 15.7. The van der Waals surface area contributed by atoms with Gasteiger partial charge in [0.2, 0.25) is 5.91 Å². The molecule has 1 rings (SSSR count). The third-order valence-electron chi connectivity index (χ3n) is 3.29. The summed E-state index contributed by atoms with van der Waals surface area (Å²) < 4.78 is 0. The summed E-state index contributed by atoms with van der Waals surface area (Å²) in [7, 11) is 0. The van der Waals surface area contributed by atoms with Crippen molar-refractivity contribution in [2.45, 2.75) is 25.7 Å². The van der Waals surface area contributed by atoms with E-state index in [1.165, 1.54) is 0 Å². The molecule has 22 heavy (non-hydrogen) atoms. The number of carboxylic acids is 1. The highest BCUT2D eigenvalue weighted by molar-refractivity contribution is 5.97. The molecule has 0 aliphatic carbocycles. The molecule has 8 heteroatoms. The van der Waals surface area contributed by atoms with Gasteiger partial charge in [-0.25, -0.2) is 0 Å². The Hall–Kier alpha value is -2.40. The molecule has 0 aromatic heterocycles. The van der Waals surface area contributed by atoms with Gasteiger partial charge in [0.25, 0.3) is 5.91 Å². The van der Waals surface area contributed by atoms with Gasteiger partial charge in [0.05, 0.1) is 0 Å². The summed E-state index contributed by atoms with van der Waals surface area (Å²) in [6.45, 7) is 1.71. The van der Waals surface area contributed by atoms with Gasteiger partial charge in [-0.1, -0.05) is 0 Å². The molecule has 1 fully saturated rings. The Morgan fingerprint density at radius 3 is 2.59 bits per heavy atom. The quantitative estimate of drug-likeness (QED) is 0.284. The zero-order valence-corrected chi connectivity index (χ0v) is 12.2. The first-order chi connectivity index (χ1) is 10.5. The molecule has 0 spiro atoms. The first-order valence-electron chi connectivity index (χ1n) is 7.16. The molecule has 1 aliphatic rings. The van der Waals surface area contributed by atoms with Gasteiger partial charge in [-0.05, 0) is 32.4 Å². The van der Waals surface area contributed by atoms with E-state index in [1.54, 1.807) is 6.07 Å².